The van der Waals surface area contributed by atoms with E-state index >= 15 is 4.39 Å². The number of nitrogens with one attached hydrogen (secondary N) is 1. The maximum atomic E-state index is 15.6. The Bertz CT molecular complexity index is 1720. The Kier molecular flexibility index (Phi) is 10.6. The van der Waals surface area contributed by atoms with Crippen LogP contribution in [0.5, 0.6) is 0 Å². The van der Waals surface area contributed by atoms with E-state index in [1.807, 2.05) is 6.92 Å². The summed E-state index contributed by atoms with van der Waals surface area (Å²) in [7, 11) is -2.52. The molecule has 1 heterocycles. The van der Waals surface area contributed by atoms with E-state index in [4.69, 9.17) is 22.1 Å². The number of halogens is 4. The van der Waals surface area contributed by atoms with Crippen molar-refractivity contribution >= 4 is 39.3 Å². The largest absolute Gasteiger partial charge is 0.452 e. The van der Waals surface area contributed by atoms with Gasteiger partial charge >= 0.3 is 6.09 Å². The molecule has 14 heteroatoms. The van der Waals surface area contributed by atoms with Gasteiger partial charge in [-0.15, -0.1) is 0 Å². The van der Waals surface area contributed by atoms with Crippen molar-refractivity contribution in [2.45, 2.75) is 61.9 Å². The van der Waals surface area contributed by atoms with Gasteiger partial charge in [0.2, 0.25) is 10.0 Å². The van der Waals surface area contributed by atoms with Gasteiger partial charge in [0.25, 0.3) is 5.91 Å². The van der Waals surface area contributed by atoms with E-state index in [0.717, 1.165) is 19.2 Å². The zero-order valence-corrected chi connectivity index (χ0v) is 27.4. The third-order valence-corrected chi connectivity index (χ3v) is 11.4. The van der Waals surface area contributed by atoms with Crippen molar-refractivity contribution in [1.29, 1.82) is 0 Å². The number of piperazine rings is 1. The molecule has 47 heavy (non-hydrogen) atoms. The van der Waals surface area contributed by atoms with Crippen LogP contribution in [-0.2, 0) is 26.0 Å². The quantitative estimate of drug-likeness (QED) is 0.303. The highest BCUT2D eigenvalue weighted by Crippen LogP contribution is 2.36. The van der Waals surface area contributed by atoms with Crippen molar-refractivity contribution in [3.63, 3.8) is 0 Å². The normalized spacial score (nSPS) is 20.0. The number of benzene rings is 3. The predicted octanol–water partition coefficient (Wildman–Crippen LogP) is 5.10. The number of ether oxygens (including phenoxy) is 1. The summed E-state index contributed by atoms with van der Waals surface area (Å²) >= 11 is 6.06. The van der Waals surface area contributed by atoms with Crippen LogP contribution < -0.4 is 16.0 Å². The van der Waals surface area contributed by atoms with Crippen molar-refractivity contribution < 1.29 is 35.9 Å². The van der Waals surface area contributed by atoms with Crippen LogP contribution in [0, 0.1) is 17.5 Å². The van der Waals surface area contributed by atoms with Crippen LogP contribution in [0.15, 0.2) is 60.7 Å². The number of carbonyl (C=O) groups excluding carboxylic acids is 2. The lowest BCUT2D eigenvalue weighted by Crippen LogP contribution is -2.59. The average molecular weight is 693 g/mol. The van der Waals surface area contributed by atoms with E-state index < -0.39 is 62.7 Å². The zero-order valence-electron chi connectivity index (χ0n) is 25.8. The van der Waals surface area contributed by atoms with Gasteiger partial charge in [0, 0.05) is 47.7 Å². The minimum atomic E-state index is -3.56. The monoisotopic (exact) mass is 692 g/mol. The molecule has 4 atom stereocenters. The van der Waals surface area contributed by atoms with E-state index in [-0.39, 0.29) is 35.7 Å². The van der Waals surface area contributed by atoms with Crippen LogP contribution in [0.2, 0.25) is 5.02 Å². The Morgan fingerprint density at radius 3 is 2.32 bits per heavy atom. The molecule has 0 spiro atoms. The Morgan fingerprint density at radius 1 is 1.04 bits per heavy atom. The summed E-state index contributed by atoms with van der Waals surface area (Å²) in [5, 5.41) is 3.17. The number of hydrogen-bond donors (Lipinski definition) is 2. The van der Waals surface area contributed by atoms with E-state index in [1.165, 1.54) is 34.6 Å². The number of rotatable bonds is 10. The molecule has 1 saturated carbocycles. The minimum absolute atomic E-state index is 0.0193. The molecular weight excluding hydrogens is 657 g/mol. The number of methoxy groups -OCH3 is 1. The van der Waals surface area contributed by atoms with E-state index in [2.05, 4.69) is 5.32 Å². The standard InChI is InChI=1S/C33H36ClF3N4O5S/c1-19-17-39-18-25(41(19)47(44,45)26-11-12-26)10-13-27-28(37)4-3-5-29(27)40(33(43)46-2)32(42)31(38)30(20-6-8-22(34)9-7-20)21-14-23(35)16-24(36)15-21/h3-9,14-16,19,25-26,30-31,39H,10-13,17-18,38H2,1-2H3/t19-,25-,30-,31-/m0/s1. The smallest absolute Gasteiger partial charge is 0.420 e. The van der Waals surface area contributed by atoms with Crippen molar-refractivity contribution in [3.05, 3.63) is 99.8 Å². The van der Waals surface area contributed by atoms with E-state index in [1.54, 1.807) is 12.1 Å². The molecule has 1 aliphatic heterocycles. The third kappa shape index (κ3) is 7.49. The summed E-state index contributed by atoms with van der Waals surface area (Å²) in [5.74, 6) is -4.72. The van der Waals surface area contributed by atoms with Crippen LogP contribution >= 0.6 is 11.6 Å². The van der Waals surface area contributed by atoms with Gasteiger partial charge in [-0.1, -0.05) is 29.8 Å². The molecule has 0 unspecified atom stereocenters. The molecule has 3 aromatic carbocycles. The second kappa shape index (κ2) is 14.3. The summed E-state index contributed by atoms with van der Waals surface area (Å²) in [6, 6.07) is 10.3. The molecular formula is C33H36ClF3N4O5S. The molecule has 9 nitrogen and oxygen atoms in total. The molecule has 1 aliphatic carbocycles. The van der Waals surface area contributed by atoms with Crippen LogP contribution in [0.4, 0.5) is 23.7 Å². The van der Waals surface area contributed by atoms with Gasteiger partial charge in [-0.25, -0.2) is 31.3 Å². The first kappa shape index (κ1) is 34.8. The van der Waals surface area contributed by atoms with Crippen LogP contribution in [0.1, 0.15) is 48.8 Å². The Balaban J connectivity index is 1.51. The first-order valence-electron chi connectivity index (χ1n) is 15.2. The highest BCUT2D eigenvalue weighted by Gasteiger charge is 2.46. The van der Waals surface area contributed by atoms with Crippen LogP contribution in [0.3, 0.4) is 0 Å². The van der Waals surface area contributed by atoms with Crippen LogP contribution in [-0.4, -0.2) is 68.3 Å². The summed E-state index contributed by atoms with van der Waals surface area (Å²) < 4.78 is 77.4. The fourth-order valence-corrected chi connectivity index (χ4v) is 8.64. The number of anilines is 1. The van der Waals surface area contributed by atoms with Crippen molar-refractivity contribution in [2.75, 3.05) is 25.1 Å². The van der Waals surface area contributed by atoms with Gasteiger partial charge in [-0.3, -0.25) is 4.79 Å². The molecule has 5 rings (SSSR count). The fraction of sp³-hybridized carbons (Fsp3) is 0.394. The van der Waals surface area contributed by atoms with E-state index in [9.17, 15) is 26.8 Å². The molecule has 0 aromatic heterocycles. The van der Waals surface area contributed by atoms with E-state index in [0.29, 0.717) is 47.5 Å². The van der Waals surface area contributed by atoms with Gasteiger partial charge in [0.15, 0.2) is 0 Å². The number of nitrogens with two attached hydrogens (primary N) is 1. The van der Waals surface area contributed by atoms with Gasteiger partial charge in [-0.05, 0) is 80.1 Å². The average Bonchev–Trinajstić information content (AvgIpc) is 3.88. The first-order chi connectivity index (χ1) is 22.3. The highest BCUT2D eigenvalue weighted by atomic mass is 35.5. The molecule has 0 bridgehead atoms. The topological polar surface area (TPSA) is 122 Å². The molecule has 0 radical (unpaired) electrons. The lowest BCUT2D eigenvalue weighted by molar-refractivity contribution is -0.119. The maximum Gasteiger partial charge on any atom is 0.420 e. The van der Waals surface area contributed by atoms with Gasteiger partial charge in [-0.2, -0.15) is 4.31 Å². The summed E-state index contributed by atoms with van der Waals surface area (Å²) in [4.78, 5) is 28.1. The Hall–Kier alpha value is -3.49. The number of imide groups is 1. The SMILES string of the molecule is COC(=O)N(C(=O)[C@@H](N)[C@@H](c1ccc(Cl)cc1)c1cc(F)cc(F)c1)c1cccc(F)c1CC[C@H]1CNC[C@H](C)N1S(=O)(=O)C1CC1. The van der Waals surface area contributed by atoms with Gasteiger partial charge in [0.1, 0.15) is 17.5 Å². The van der Waals surface area contributed by atoms with Crippen molar-refractivity contribution in [2.24, 2.45) is 5.73 Å². The molecule has 2 fully saturated rings. The zero-order chi connectivity index (χ0) is 34.0. The first-order valence-corrected chi connectivity index (χ1v) is 17.1. The van der Waals surface area contributed by atoms with Crippen molar-refractivity contribution in [1.82, 2.24) is 9.62 Å². The molecule has 2 aliphatic rings. The number of hydrogen-bond acceptors (Lipinski definition) is 7. The third-order valence-electron chi connectivity index (χ3n) is 8.61. The van der Waals surface area contributed by atoms with Gasteiger partial charge in [0.05, 0.1) is 24.1 Å². The summed E-state index contributed by atoms with van der Waals surface area (Å²) in [5.41, 5.74) is 6.76. The maximum absolute atomic E-state index is 15.6. The lowest BCUT2D eigenvalue weighted by atomic mass is 9.84. The number of nitrogens with zero attached hydrogens (tertiary/aromatic N) is 2. The molecule has 1 saturated heterocycles. The van der Waals surface area contributed by atoms with Crippen LogP contribution in [0.25, 0.3) is 0 Å². The second-order valence-corrected chi connectivity index (χ2v) is 14.5. The molecule has 3 aromatic rings. The molecule has 3 N–H and O–H groups in total. The number of amides is 2. The predicted molar refractivity (Wildman–Crippen MR) is 172 cm³/mol. The second-order valence-electron chi connectivity index (χ2n) is 11.9. The molecule has 2 amide bonds. The summed E-state index contributed by atoms with van der Waals surface area (Å²) in [6.07, 6.45) is 0.174. The number of sulfonamides is 1. The lowest BCUT2D eigenvalue weighted by Gasteiger charge is -2.40. The summed E-state index contributed by atoms with van der Waals surface area (Å²) in [6.45, 7) is 2.63. The minimum Gasteiger partial charge on any atom is -0.452 e. The fourth-order valence-electron chi connectivity index (χ4n) is 6.26. The molecule has 252 valence electrons. The Morgan fingerprint density at radius 2 is 1.70 bits per heavy atom. The highest BCUT2D eigenvalue weighted by molar-refractivity contribution is 7.90. The Labute approximate surface area is 276 Å². The van der Waals surface area contributed by atoms with Crippen molar-refractivity contribution in [3.8, 4) is 0 Å². The number of carbonyl (C=O) groups is 2. The van der Waals surface area contributed by atoms with Gasteiger partial charge < -0.3 is 15.8 Å².